The van der Waals surface area contributed by atoms with E-state index in [2.05, 4.69) is 0 Å². The number of likely N-dealkylation sites (N-methyl/N-ethyl adjacent to an activating group) is 1. The molecule has 20 heavy (non-hydrogen) atoms. The first-order valence-corrected chi connectivity index (χ1v) is 7.85. The van der Waals surface area contributed by atoms with E-state index in [0.717, 1.165) is 45.4 Å². The predicted molar refractivity (Wildman–Crippen MR) is 83.0 cm³/mol. The largest absolute Gasteiger partial charge is 0.376 e. The topological polar surface area (TPSA) is 55.6 Å². The van der Waals surface area contributed by atoms with Gasteiger partial charge in [0, 0.05) is 32.2 Å². The number of rotatable bonds is 5. The summed E-state index contributed by atoms with van der Waals surface area (Å²) in [5.41, 5.74) is 6.14. The zero-order valence-corrected chi connectivity index (χ0v) is 13.4. The Morgan fingerprint density at radius 3 is 2.60 bits per heavy atom. The number of nitrogens with zero attached hydrogens (tertiary/aromatic N) is 1. The number of halogens is 1. The molecule has 0 bridgehead atoms. The Morgan fingerprint density at radius 1 is 1.25 bits per heavy atom. The Balaban J connectivity index is 0.00000200. The van der Waals surface area contributed by atoms with Gasteiger partial charge < -0.3 is 15.4 Å². The van der Waals surface area contributed by atoms with E-state index in [9.17, 15) is 4.79 Å². The van der Waals surface area contributed by atoms with E-state index in [-0.39, 0.29) is 30.5 Å². The van der Waals surface area contributed by atoms with Crippen molar-refractivity contribution >= 4 is 18.3 Å². The first-order chi connectivity index (χ1) is 9.20. The first-order valence-electron chi connectivity index (χ1n) is 7.85. The Bertz CT molecular complexity index is 296. The minimum absolute atomic E-state index is 0. The summed E-state index contributed by atoms with van der Waals surface area (Å²) < 4.78 is 5.63. The molecule has 1 saturated carbocycles. The van der Waals surface area contributed by atoms with Crippen molar-refractivity contribution in [2.75, 3.05) is 19.7 Å². The summed E-state index contributed by atoms with van der Waals surface area (Å²) in [6.07, 6.45) is 7.74. The van der Waals surface area contributed by atoms with Crippen LogP contribution in [-0.4, -0.2) is 42.6 Å². The first kappa shape index (κ1) is 17.7. The lowest BCUT2D eigenvalue weighted by Gasteiger charge is -2.31. The Hall–Kier alpha value is -0.320. The molecule has 2 aliphatic rings. The quantitative estimate of drug-likeness (QED) is 0.848. The molecule has 0 aromatic heterocycles. The van der Waals surface area contributed by atoms with Gasteiger partial charge in [0.15, 0.2) is 0 Å². The fourth-order valence-electron chi connectivity index (χ4n) is 3.28. The van der Waals surface area contributed by atoms with Gasteiger partial charge in [-0.15, -0.1) is 12.4 Å². The summed E-state index contributed by atoms with van der Waals surface area (Å²) in [4.78, 5) is 14.3. The average Bonchev–Trinajstić information content (AvgIpc) is 2.91. The molecule has 0 spiro atoms. The van der Waals surface area contributed by atoms with Gasteiger partial charge in [-0.25, -0.2) is 0 Å². The predicted octanol–water partition coefficient (Wildman–Crippen LogP) is 2.34. The van der Waals surface area contributed by atoms with E-state index in [4.69, 9.17) is 10.5 Å². The molecule has 0 aromatic carbocycles. The second-order valence-corrected chi connectivity index (χ2v) is 5.98. The number of nitrogens with two attached hydrogens (primary N) is 1. The van der Waals surface area contributed by atoms with Crippen LogP contribution in [0.15, 0.2) is 0 Å². The molecule has 3 unspecified atom stereocenters. The van der Waals surface area contributed by atoms with Gasteiger partial charge in [-0.1, -0.05) is 12.8 Å². The van der Waals surface area contributed by atoms with E-state index in [1.54, 1.807) is 0 Å². The molecule has 2 fully saturated rings. The maximum absolute atomic E-state index is 12.4. The van der Waals surface area contributed by atoms with Crippen molar-refractivity contribution in [2.24, 2.45) is 11.7 Å². The van der Waals surface area contributed by atoms with Crippen molar-refractivity contribution in [3.05, 3.63) is 0 Å². The van der Waals surface area contributed by atoms with Crippen molar-refractivity contribution in [2.45, 2.75) is 64.0 Å². The summed E-state index contributed by atoms with van der Waals surface area (Å²) in [7, 11) is 0. The maximum Gasteiger partial charge on any atom is 0.222 e. The molecular weight excluding hydrogens is 276 g/mol. The number of carbonyl (C=O) groups is 1. The highest BCUT2D eigenvalue weighted by atomic mass is 35.5. The van der Waals surface area contributed by atoms with Crippen LogP contribution in [0.25, 0.3) is 0 Å². The molecule has 0 radical (unpaired) electrons. The molecular formula is C15H29ClN2O2. The minimum atomic E-state index is 0. The van der Waals surface area contributed by atoms with Crippen LogP contribution in [0, 0.1) is 5.92 Å². The second-order valence-electron chi connectivity index (χ2n) is 5.98. The van der Waals surface area contributed by atoms with E-state index in [1.165, 1.54) is 12.8 Å². The number of carbonyl (C=O) groups excluding carboxylic acids is 1. The van der Waals surface area contributed by atoms with Crippen LogP contribution < -0.4 is 5.73 Å². The molecule has 5 heteroatoms. The Morgan fingerprint density at radius 2 is 2.00 bits per heavy atom. The molecule has 2 rings (SSSR count). The van der Waals surface area contributed by atoms with Crippen molar-refractivity contribution in [1.82, 2.24) is 4.90 Å². The highest BCUT2D eigenvalue weighted by Gasteiger charge is 2.27. The van der Waals surface area contributed by atoms with Crippen LogP contribution in [0.4, 0.5) is 0 Å². The fourth-order valence-corrected chi connectivity index (χ4v) is 3.28. The van der Waals surface area contributed by atoms with Gasteiger partial charge in [0.05, 0.1) is 6.10 Å². The molecule has 2 N–H and O–H groups in total. The van der Waals surface area contributed by atoms with E-state index < -0.39 is 0 Å². The molecule has 1 aliphatic heterocycles. The monoisotopic (exact) mass is 304 g/mol. The third-order valence-electron chi connectivity index (χ3n) is 4.59. The van der Waals surface area contributed by atoms with Gasteiger partial charge in [-0.05, 0) is 38.5 Å². The zero-order chi connectivity index (χ0) is 13.7. The standard InChI is InChI=1S/C15H28N2O2.ClH/c1-2-17(11-13-7-5-9-19-13)15(18)10-12-6-3-4-8-14(12)16;/h12-14H,2-11,16H2,1H3;1H. The van der Waals surface area contributed by atoms with Crippen LogP contribution >= 0.6 is 12.4 Å². The van der Waals surface area contributed by atoms with Gasteiger partial charge in [0.1, 0.15) is 0 Å². The van der Waals surface area contributed by atoms with Crippen molar-refractivity contribution in [3.8, 4) is 0 Å². The molecule has 3 atom stereocenters. The van der Waals surface area contributed by atoms with Crippen LogP contribution in [0.2, 0.25) is 0 Å². The van der Waals surface area contributed by atoms with E-state index >= 15 is 0 Å². The van der Waals surface area contributed by atoms with Crippen LogP contribution in [0.5, 0.6) is 0 Å². The minimum Gasteiger partial charge on any atom is -0.376 e. The van der Waals surface area contributed by atoms with Crippen molar-refractivity contribution < 1.29 is 9.53 Å². The molecule has 118 valence electrons. The van der Waals surface area contributed by atoms with Gasteiger partial charge in [-0.2, -0.15) is 0 Å². The third kappa shape index (κ3) is 4.90. The normalized spacial score (nSPS) is 29.8. The Labute approximate surface area is 128 Å². The van der Waals surface area contributed by atoms with E-state index in [1.807, 2.05) is 11.8 Å². The zero-order valence-electron chi connectivity index (χ0n) is 12.6. The fraction of sp³-hybridized carbons (Fsp3) is 0.933. The summed E-state index contributed by atoms with van der Waals surface area (Å²) >= 11 is 0. The van der Waals surface area contributed by atoms with Crippen LogP contribution in [-0.2, 0) is 9.53 Å². The molecule has 1 amide bonds. The molecule has 1 aliphatic carbocycles. The van der Waals surface area contributed by atoms with Gasteiger partial charge >= 0.3 is 0 Å². The lowest BCUT2D eigenvalue weighted by atomic mass is 9.82. The average molecular weight is 305 g/mol. The highest BCUT2D eigenvalue weighted by Crippen LogP contribution is 2.26. The van der Waals surface area contributed by atoms with Crippen LogP contribution in [0.1, 0.15) is 51.9 Å². The van der Waals surface area contributed by atoms with Crippen molar-refractivity contribution in [3.63, 3.8) is 0 Å². The smallest absolute Gasteiger partial charge is 0.222 e. The molecule has 4 nitrogen and oxygen atoms in total. The lowest BCUT2D eigenvalue weighted by molar-refractivity contribution is -0.134. The third-order valence-corrected chi connectivity index (χ3v) is 4.59. The molecule has 1 heterocycles. The summed E-state index contributed by atoms with van der Waals surface area (Å²) in [6.45, 7) is 4.44. The maximum atomic E-state index is 12.4. The summed E-state index contributed by atoms with van der Waals surface area (Å²) in [5.74, 6) is 0.653. The summed E-state index contributed by atoms with van der Waals surface area (Å²) in [6, 6.07) is 0.221. The van der Waals surface area contributed by atoms with Gasteiger partial charge in [-0.3, -0.25) is 4.79 Å². The molecule has 0 aromatic rings. The van der Waals surface area contributed by atoms with Gasteiger partial charge in [0.2, 0.25) is 5.91 Å². The highest BCUT2D eigenvalue weighted by molar-refractivity contribution is 5.85. The summed E-state index contributed by atoms with van der Waals surface area (Å²) in [5, 5.41) is 0. The number of hydrogen-bond acceptors (Lipinski definition) is 3. The number of ether oxygens (including phenoxy) is 1. The van der Waals surface area contributed by atoms with Crippen molar-refractivity contribution in [1.29, 1.82) is 0 Å². The number of amides is 1. The number of hydrogen-bond donors (Lipinski definition) is 1. The SMILES string of the molecule is CCN(CC1CCCO1)C(=O)CC1CCCCC1N.Cl. The lowest BCUT2D eigenvalue weighted by Crippen LogP contribution is -2.41. The second kappa shape index (κ2) is 8.85. The molecule has 1 saturated heterocycles. The van der Waals surface area contributed by atoms with Crippen LogP contribution in [0.3, 0.4) is 0 Å². The Kier molecular flexibility index (Phi) is 7.85. The van der Waals surface area contributed by atoms with E-state index in [0.29, 0.717) is 12.3 Å². The van der Waals surface area contributed by atoms with Gasteiger partial charge in [0.25, 0.3) is 0 Å².